The van der Waals surface area contributed by atoms with E-state index in [1.165, 1.54) is 12.7 Å². The largest absolute Gasteiger partial charge is 0.452 e. The third-order valence-electron chi connectivity index (χ3n) is 1.19. The molecule has 0 amide bonds. The van der Waals surface area contributed by atoms with E-state index in [0.29, 0.717) is 0 Å². The van der Waals surface area contributed by atoms with E-state index in [9.17, 15) is 0 Å². The third kappa shape index (κ3) is 4.52. The van der Waals surface area contributed by atoms with Crippen LogP contribution in [0.15, 0.2) is 23.3 Å². The van der Waals surface area contributed by atoms with Crippen molar-refractivity contribution < 1.29 is 9.15 Å². The maximum atomic E-state index is 5.01. The highest BCUT2D eigenvalue weighted by Crippen LogP contribution is 1.76. The van der Waals surface area contributed by atoms with Crippen LogP contribution in [0, 0.1) is 0 Å². The van der Waals surface area contributed by atoms with E-state index in [1.807, 2.05) is 0 Å². The minimum Gasteiger partial charge on any atom is -0.452 e. The smallest absolute Gasteiger partial charge is 0.180 e. The Bertz CT molecular complexity index is 121. The van der Waals surface area contributed by atoms with E-state index < -0.39 is 0 Å². The molecule has 62 valence electrons. The molecule has 1 aliphatic heterocycles. The van der Waals surface area contributed by atoms with Crippen LogP contribution >= 0.6 is 0 Å². The van der Waals surface area contributed by atoms with E-state index in [0.717, 1.165) is 26.3 Å². The van der Waals surface area contributed by atoms with Gasteiger partial charge in [0.1, 0.15) is 6.26 Å². The predicted molar refractivity (Wildman–Crippen MR) is 40.2 cm³/mol. The van der Waals surface area contributed by atoms with Crippen molar-refractivity contribution >= 4 is 0 Å². The first kappa shape index (κ1) is 8.23. The van der Waals surface area contributed by atoms with Gasteiger partial charge < -0.3 is 14.5 Å². The molecule has 1 fully saturated rings. The molecule has 1 aromatic rings. The van der Waals surface area contributed by atoms with Gasteiger partial charge in [0.25, 0.3) is 0 Å². The number of nitrogens with one attached hydrogen (secondary N) is 1. The summed E-state index contributed by atoms with van der Waals surface area (Å²) in [5, 5.41) is 3.16. The highest BCUT2D eigenvalue weighted by atomic mass is 16.5. The van der Waals surface area contributed by atoms with Crippen molar-refractivity contribution in [1.82, 2.24) is 10.3 Å². The summed E-state index contributed by atoms with van der Waals surface area (Å²) in [5.41, 5.74) is 0. The van der Waals surface area contributed by atoms with Crippen LogP contribution in [0.5, 0.6) is 0 Å². The molecule has 2 heterocycles. The molecule has 0 bridgehead atoms. The molecule has 0 radical (unpaired) electrons. The zero-order valence-electron chi connectivity index (χ0n) is 6.32. The fourth-order valence-corrected chi connectivity index (χ4v) is 0.691. The minimum absolute atomic E-state index is 0.889. The Kier molecular flexibility index (Phi) is 4.40. The SMILES string of the molecule is C1COCCN1.c1cocn1. The maximum Gasteiger partial charge on any atom is 0.180 e. The van der Waals surface area contributed by atoms with Crippen LogP contribution in [0.1, 0.15) is 0 Å². The van der Waals surface area contributed by atoms with Gasteiger partial charge in [-0.15, -0.1) is 0 Å². The van der Waals surface area contributed by atoms with Gasteiger partial charge in [-0.3, -0.25) is 0 Å². The van der Waals surface area contributed by atoms with Crippen molar-refractivity contribution in [1.29, 1.82) is 0 Å². The molecule has 1 aromatic heterocycles. The molecular weight excluding hydrogens is 144 g/mol. The molecule has 0 spiro atoms. The molecule has 11 heavy (non-hydrogen) atoms. The molecule has 4 nitrogen and oxygen atoms in total. The Morgan fingerprint density at radius 1 is 1.27 bits per heavy atom. The molecule has 1 N–H and O–H groups in total. The van der Waals surface area contributed by atoms with Crippen molar-refractivity contribution in [2.24, 2.45) is 0 Å². The van der Waals surface area contributed by atoms with Gasteiger partial charge in [-0.2, -0.15) is 0 Å². The summed E-state index contributed by atoms with van der Waals surface area (Å²) in [5.74, 6) is 0. The highest BCUT2D eigenvalue weighted by molar-refractivity contribution is 4.56. The first-order valence-electron chi connectivity index (χ1n) is 3.61. The number of nitrogens with zero attached hydrogens (tertiary/aromatic N) is 1. The molecule has 1 saturated heterocycles. The summed E-state index contributed by atoms with van der Waals surface area (Å²) in [4.78, 5) is 3.56. The minimum atomic E-state index is 0.889. The van der Waals surface area contributed by atoms with Crippen LogP contribution in [-0.2, 0) is 4.74 Å². The van der Waals surface area contributed by atoms with Crippen LogP contribution in [0.2, 0.25) is 0 Å². The fraction of sp³-hybridized carbons (Fsp3) is 0.571. The molecule has 0 atom stereocenters. The lowest BCUT2D eigenvalue weighted by molar-refractivity contribution is 0.109. The predicted octanol–water partition coefficient (Wildman–Crippen LogP) is 0.281. The summed E-state index contributed by atoms with van der Waals surface area (Å²) in [7, 11) is 0. The number of aromatic nitrogens is 1. The van der Waals surface area contributed by atoms with Gasteiger partial charge >= 0.3 is 0 Å². The van der Waals surface area contributed by atoms with E-state index >= 15 is 0 Å². The van der Waals surface area contributed by atoms with Crippen molar-refractivity contribution in [3.63, 3.8) is 0 Å². The van der Waals surface area contributed by atoms with Crippen molar-refractivity contribution in [3.8, 4) is 0 Å². The zero-order chi connectivity index (χ0) is 7.78. The summed E-state index contributed by atoms with van der Waals surface area (Å²) in [6.45, 7) is 3.83. The monoisotopic (exact) mass is 156 g/mol. The molecule has 0 unspecified atom stereocenters. The van der Waals surface area contributed by atoms with Crippen LogP contribution in [0.3, 0.4) is 0 Å². The molecule has 0 aliphatic carbocycles. The van der Waals surface area contributed by atoms with E-state index in [2.05, 4.69) is 14.7 Å². The zero-order valence-corrected chi connectivity index (χ0v) is 6.32. The second-order valence-corrected chi connectivity index (χ2v) is 2.04. The Morgan fingerprint density at radius 2 is 2.09 bits per heavy atom. The fourth-order valence-electron chi connectivity index (χ4n) is 0.691. The van der Waals surface area contributed by atoms with Crippen molar-refractivity contribution in [3.05, 3.63) is 18.9 Å². The molecule has 0 saturated carbocycles. The number of hydrogen-bond donors (Lipinski definition) is 1. The van der Waals surface area contributed by atoms with Crippen LogP contribution in [-0.4, -0.2) is 31.3 Å². The Labute approximate surface area is 65.6 Å². The van der Waals surface area contributed by atoms with Crippen LogP contribution in [0.25, 0.3) is 0 Å². The number of oxazole rings is 1. The normalized spacial score (nSPS) is 16.7. The molecule has 2 rings (SSSR count). The van der Waals surface area contributed by atoms with Gasteiger partial charge in [0.15, 0.2) is 6.39 Å². The van der Waals surface area contributed by atoms with Gasteiger partial charge in [0.2, 0.25) is 0 Å². The van der Waals surface area contributed by atoms with Gasteiger partial charge in [-0.25, -0.2) is 4.98 Å². The Morgan fingerprint density at radius 3 is 2.27 bits per heavy atom. The quantitative estimate of drug-likeness (QED) is 0.586. The average Bonchev–Trinajstić information content (AvgIpc) is 2.64. The van der Waals surface area contributed by atoms with Crippen LogP contribution in [0.4, 0.5) is 0 Å². The Balaban J connectivity index is 0.000000112. The van der Waals surface area contributed by atoms with E-state index in [4.69, 9.17) is 4.74 Å². The first-order chi connectivity index (χ1) is 5.50. The van der Waals surface area contributed by atoms with Gasteiger partial charge in [-0.05, 0) is 0 Å². The van der Waals surface area contributed by atoms with Crippen molar-refractivity contribution in [2.45, 2.75) is 0 Å². The summed E-state index contributed by atoms with van der Waals surface area (Å²) in [6.07, 6.45) is 4.47. The highest BCUT2D eigenvalue weighted by Gasteiger charge is 1.92. The Hall–Kier alpha value is -0.870. The van der Waals surface area contributed by atoms with Gasteiger partial charge in [-0.1, -0.05) is 0 Å². The number of ether oxygens (including phenoxy) is 1. The van der Waals surface area contributed by atoms with Gasteiger partial charge in [0, 0.05) is 13.1 Å². The number of morpholine rings is 1. The average molecular weight is 156 g/mol. The van der Waals surface area contributed by atoms with Crippen molar-refractivity contribution in [2.75, 3.05) is 26.3 Å². The lowest BCUT2D eigenvalue weighted by Gasteiger charge is -2.10. The number of hydrogen-bond acceptors (Lipinski definition) is 4. The third-order valence-corrected chi connectivity index (χ3v) is 1.19. The summed E-state index contributed by atoms with van der Waals surface area (Å²) < 4.78 is 9.48. The molecular formula is C7H12N2O2. The lowest BCUT2D eigenvalue weighted by atomic mass is 10.5. The van der Waals surface area contributed by atoms with E-state index in [1.54, 1.807) is 6.20 Å². The second-order valence-electron chi connectivity index (χ2n) is 2.04. The summed E-state index contributed by atoms with van der Waals surface area (Å²) in [6, 6.07) is 0. The second kappa shape index (κ2) is 5.88. The molecule has 4 heteroatoms. The topological polar surface area (TPSA) is 47.3 Å². The molecule has 1 aliphatic rings. The summed E-state index contributed by atoms with van der Waals surface area (Å²) >= 11 is 0. The standard InChI is InChI=1S/C4H9NO.C3H3NO/c1-3-6-4-2-5-1;1-2-5-3-4-1/h5H,1-4H2;1-3H. The van der Waals surface area contributed by atoms with Crippen LogP contribution < -0.4 is 5.32 Å². The first-order valence-corrected chi connectivity index (χ1v) is 3.61. The maximum absolute atomic E-state index is 5.01. The van der Waals surface area contributed by atoms with Gasteiger partial charge in [0.05, 0.1) is 19.4 Å². The number of rotatable bonds is 0. The lowest BCUT2D eigenvalue weighted by Crippen LogP contribution is -2.30. The van der Waals surface area contributed by atoms with E-state index in [-0.39, 0.29) is 0 Å². The molecule has 0 aromatic carbocycles.